The number of nitrogens with zero attached hydrogens (tertiary/aromatic N) is 1. The maximum Gasteiger partial charge on any atom is 0.323 e. The van der Waals surface area contributed by atoms with Crippen LogP contribution >= 0.6 is 0 Å². The molecule has 0 aromatic carbocycles. The summed E-state index contributed by atoms with van der Waals surface area (Å²) in [6.07, 6.45) is 0. The van der Waals surface area contributed by atoms with E-state index < -0.39 is 5.97 Å². The Kier molecular flexibility index (Phi) is 6.85. The summed E-state index contributed by atoms with van der Waals surface area (Å²) in [5.74, 6) is -1.23. The van der Waals surface area contributed by atoms with Gasteiger partial charge in [-0.3, -0.25) is 10.2 Å². The zero-order valence-corrected chi connectivity index (χ0v) is 8.09. The zero-order chi connectivity index (χ0) is 7.44. The van der Waals surface area contributed by atoms with Crippen LogP contribution in [0.25, 0.3) is 0 Å². The van der Waals surface area contributed by atoms with Crippen molar-refractivity contribution in [2.75, 3.05) is 13.6 Å². The molecule has 0 aliphatic rings. The summed E-state index contributed by atoms with van der Waals surface area (Å²) in [7, 11) is 1.44. The average molecular weight is 154 g/mol. The molecule has 0 aromatic heterocycles. The van der Waals surface area contributed by atoms with Gasteiger partial charge in [0, 0.05) is 36.6 Å². The van der Waals surface area contributed by atoms with Gasteiger partial charge < -0.3 is 15.7 Å². The predicted octanol–water partition coefficient (Wildman–Crippen LogP) is -1.48. The molecular weight excluding hydrogens is 145 g/mol. The second-order valence-corrected chi connectivity index (χ2v) is 1.64. The number of nitrogens with one attached hydrogen (secondary N) is 1. The molecule has 53 valence electrons. The molecule has 5 nitrogen and oxygen atoms in total. The van der Waals surface area contributed by atoms with E-state index in [0.29, 0.717) is 0 Å². The molecule has 0 aliphatic carbocycles. The van der Waals surface area contributed by atoms with Crippen molar-refractivity contribution in [3.63, 3.8) is 0 Å². The summed E-state index contributed by atoms with van der Waals surface area (Å²) < 4.78 is 0. The first-order valence-electron chi connectivity index (χ1n) is 2.31. The molecule has 4 N–H and O–H groups in total. The Balaban J connectivity index is 0. The molecule has 0 saturated heterocycles. The van der Waals surface area contributed by atoms with Crippen LogP contribution in [0.4, 0.5) is 0 Å². The van der Waals surface area contributed by atoms with Crippen LogP contribution in [0.3, 0.4) is 0 Å². The van der Waals surface area contributed by atoms with Crippen LogP contribution in [0.1, 0.15) is 0 Å². The number of rotatable bonds is 2. The van der Waals surface area contributed by atoms with Gasteiger partial charge in [0.1, 0.15) is 6.54 Å². The zero-order valence-electron chi connectivity index (χ0n) is 6.09. The third-order valence-corrected chi connectivity index (χ3v) is 0.784. The minimum absolute atomic E-state index is 0. The Labute approximate surface area is 81.0 Å². The van der Waals surface area contributed by atoms with Crippen molar-refractivity contribution in [1.82, 2.24) is 4.90 Å². The third-order valence-electron chi connectivity index (χ3n) is 0.784. The van der Waals surface area contributed by atoms with E-state index in [1.807, 2.05) is 0 Å². The first-order valence-corrected chi connectivity index (χ1v) is 2.31. The van der Waals surface area contributed by atoms with Crippen molar-refractivity contribution in [3.8, 4) is 0 Å². The molecule has 0 spiro atoms. The summed E-state index contributed by atoms with van der Waals surface area (Å²) in [6.45, 7) is -0.227. The minimum atomic E-state index is -0.993. The summed E-state index contributed by atoms with van der Waals surface area (Å²) in [6, 6.07) is 0. The van der Waals surface area contributed by atoms with Gasteiger partial charge in [0.2, 0.25) is 0 Å². The molecular formula is C4H9N3NaO2. The van der Waals surface area contributed by atoms with Crippen LogP contribution in [-0.2, 0) is 4.79 Å². The maximum atomic E-state index is 9.92. The first kappa shape index (κ1) is 12.4. The standard InChI is InChI=1S/C4H9N3O2.Na/c1-7(4(5)6)2-3(8)9;/h2H2,1H3,(H3,5,6)(H,8,9);. The van der Waals surface area contributed by atoms with E-state index in [4.69, 9.17) is 16.2 Å². The fourth-order valence-corrected chi connectivity index (χ4v) is 0.288. The van der Waals surface area contributed by atoms with E-state index in [-0.39, 0.29) is 42.1 Å². The molecule has 0 atom stereocenters. The van der Waals surface area contributed by atoms with E-state index in [0.717, 1.165) is 4.90 Å². The Morgan fingerprint density at radius 2 is 2.20 bits per heavy atom. The van der Waals surface area contributed by atoms with Gasteiger partial charge in [-0.1, -0.05) is 0 Å². The summed E-state index contributed by atoms with van der Waals surface area (Å²) in [5, 5.41) is 14.9. The van der Waals surface area contributed by atoms with Gasteiger partial charge in [-0.25, -0.2) is 0 Å². The molecule has 0 rings (SSSR count). The number of guanidine groups is 1. The molecule has 0 aromatic rings. The Morgan fingerprint density at radius 3 is 2.30 bits per heavy atom. The minimum Gasteiger partial charge on any atom is -0.480 e. The molecule has 1 radical (unpaired) electrons. The van der Waals surface area contributed by atoms with Crippen LogP contribution in [0.2, 0.25) is 0 Å². The smallest absolute Gasteiger partial charge is 0.323 e. The van der Waals surface area contributed by atoms with E-state index in [2.05, 4.69) is 0 Å². The van der Waals surface area contributed by atoms with Gasteiger partial charge >= 0.3 is 5.97 Å². The van der Waals surface area contributed by atoms with Gasteiger partial charge in [0.05, 0.1) is 0 Å². The quantitative estimate of drug-likeness (QED) is 0.257. The SMILES string of the molecule is CN(CC(=O)O)C(=N)N.[Na]. The molecule has 0 amide bonds. The van der Waals surface area contributed by atoms with Crippen molar-refractivity contribution >= 4 is 41.5 Å². The van der Waals surface area contributed by atoms with Crippen molar-refractivity contribution in [3.05, 3.63) is 0 Å². The number of nitrogens with two attached hydrogens (primary N) is 1. The van der Waals surface area contributed by atoms with Crippen molar-refractivity contribution in [2.24, 2.45) is 5.73 Å². The Hall–Kier alpha value is -0.260. The van der Waals surface area contributed by atoms with Crippen LogP contribution < -0.4 is 5.73 Å². The van der Waals surface area contributed by atoms with Crippen molar-refractivity contribution in [1.29, 1.82) is 5.41 Å². The predicted molar refractivity (Wildman–Crippen MR) is 37.9 cm³/mol. The largest absolute Gasteiger partial charge is 0.480 e. The van der Waals surface area contributed by atoms with Gasteiger partial charge in [-0.2, -0.15) is 0 Å². The molecule has 0 fully saturated rings. The number of aliphatic carboxylic acids is 1. The average Bonchev–Trinajstić information content (AvgIpc) is 1.63. The summed E-state index contributed by atoms with van der Waals surface area (Å²) >= 11 is 0. The van der Waals surface area contributed by atoms with E-state index >= 15 is 0 Å². The number of hydrogen-bond acceptors (Lipinski definition) is 2. The van der Waals surface area contributed by atoms with Crippen LogP contribution in [0.15, 0.2) is 0 Å². The molecule has 0 saturated carbocycles. The number of likely N-dealkylation sites (N-methyl/N-ethyl adjacent to an activating group) is 1. The molecule has 0 heterocycles. The normalized spacial score (nSPS) is 7.70. The molecule has 0 aliphatic heterocycles. The molecule has 6 heteroatoms. The number of carboxylic acid groups (broad SMARTS) is 1. The maximum absolute atomic E-state index is 9.92. The fraction of sp³-hybridized carbons (Fsp3) is 0.500. The van der Waals surface area contributed by atoms with Crippen LogP contribution in [-0.4, -0.2) is 65.1 Å². The first-order chi connectivity index (χ1) is 4.04. The Bertz CT molecular complexity index is 138. The molecule has 0 unspecified atom stereocenters. The molecule has 10 heavy (non-hydrogen) atoms. The van der Waals surface area contributed by atoms with E-state index in [1.165, 1.54) is 7.05 Å². The second-order valence-electron chi connectivity index (χ2n) is 1.64. The van der Waals surface area contributed by atoms with Gasteiger partial charge in [-0.05, 0) is 0 Å². The summed E-state index contributed by atoms with van der Waals surface area (Å²) in [5.41, 5.74) is 4.93. The van der Waals surface area contributed by atoms with Crippen molar-refractivity contribution < 1.29 is 9.90 Å². The number of carboxylic acids is 1. The topological polar surface area (TPSA) is 90.4 Å². The van der Waals surface area contributed by atoms with Crippen molar-refractivity contribution in [2.45, 2.75) is 0 Å². The molecule has 0 bridgehead atoms. The van der Waals surface area contributed by atoms with Gasteiger partial charge in [0.25, 0.3) is 0 Å². The summed E-state index contributed by atoms with van der Waals surface area (Å²) in [4.78, 5) is 11.0. The van der Waals surface area contributed by atoms with Gasteiger partial charge in [-0.15, -0.1) is 0 Å². The van der Waals surface area contributed by atoms with E-state index in [9.17, 15) is 4.79 Å². The second kappa shape index (κ2) is 5.52. The van der Waals surface area contributed by atoms with E-state index in [1.54, 1.807) is 0 Å². The fourth-order valence-electron chi connectivity index (χ4n) is 0.288. The Morgan fingerprint density at radius 1 is 1.80 bits per heavy atom. The number of hydrogen-bond donors (Lipinski definition) is 3. The van der Waals surface area contributed by atoms with Crippen LogP contribution in [0, 0.1) is 5.41 Å². The van der Waals surface area contributed by atoms with Gasteiger partial charge in [0.15, 0.2) is 5.96 Å². The third kappa shape index (κ3) is 5.87. The van der Waals surface area contributed by atoms with Crippen LogP contribution in [0.5, 0.6) is 0 Å². The monoisotopic (exact) mass is 154 g/mol. The number of carbonyl (C=O) groups is 1.